The van der Waals surface area contributed by atoms with Gasteiger partial charge in [-0.1, -0.05) is 115 Å². The zero-order valence-corrected chi connectivity index (χ0v) is 27.6. The van der Waals surface area contributed by atoms with Gasteiger partial charge in [-0.2, -0.15) is 0 Å². The average molecular weight is 654 g/mol. The van der Waals surface area contributed by atoms with Crippen molar-refractivity contribution in [1.29, 1.82) is 0 Å². The van der Waals surface area contributed by atoms with Crippen LogP contribution in [0.1, 0.15) is 0 Å². The Morgan fingerprint density at radius 1 is 0.451 bits per heavy atom. The van der Waals surface area contributed by atoms with Crippen LogP contribution >= 0.6 is 0 Å². The number of nitrogens with zero attached hydrogens (tertiary/aromatic N) is 3. The number of para-hydroxylation sites is 2. The van der Waals surface area contributed by atoms with Gasteiger partial charge in [-0.3, -0.25) is 0 Å². The number of fused-ring (bicyclic) bond motifs is 6. The Kier molecular flexibility index (Phi) is 6.78. The first-order valence-corrected chi connectivity index (χ1v) is 17.2. The fraction of sp³-hybridized carbons (Fsp3) is 0. The Labute approximate surface area is 295 Å². The van der Waals surface area contributed by atoms with Crippen LogP contribution in [0.25, 0.3) is 71.9 Å². The van der Waals surface area contributed by atoms with E-state index in [1.54, 1.807) is 0 Å². The summed E-state index contributed by atoms with van der Waals surface area (Å²) in [6.45, 7) is 0. The summed E-state index contributed by atoms with van der Waals surface area (Å²) in [5.74, 6) is 0.613. The molecule has 0 radical (unpaired) electrons. The van der Waals surface area contributed by atoms with Gasteiger partial charge >= 0.3 is 0 Å². The fourth-order valence-electron chi connectivity index (χ4n) is 7.45. The van der Waals surface area contributed by atoms with Crippen molar-refractivity contribution in [2.45, 2.75) is 0 Å². The second-order valence-electron chi connectivity index (χ2n) is 12.8. The van der Waals surface area contributed by atoms with E-state index in [4.69, 9.17) is 9.40 Å². The van der Waals surface area contributed by atoms with E-state index in [9.17, 15) is 0 Å². The van der Waals surface area contributed by atoms with E-state index in [1.165, 1.54) is 32.9 Å². The summed E-state index contributed by atoms with van der Waals surface area (Å²) in [6, 6.07) is 66.2. The monoisotopic (exact) mass is 653 g/mol. The van der Waals surface area contributed by atoms with Gasteiger partial charge in [0, 0.05) is 38.8 Å². The number of benzene rings is 8. The maximum absolute atomic E-state index is 6.37. The van der Waals surface area contributed by atoms with Crippen LogP contribution in [-0.4, -0.2) is 9.55 Å². The average Bonchev–Trinajstić information content (AvgIpc) is 3.80. The second kappa shape index (κ2) is 11.9. The largest absolute Gasteiger partial charge is 0.436 e. The lowest BCUT2D eigenvalue weighted by Gasteiger charge is -2.27. The summed E-state index contributed by atoms with van der Waals surface area (Å²) < 4.78 is 8.72. The summed E-state index contributed by atoms with van der Waals surface area (Å²) in [6.07, 6.45) is 0. The van der Waals surface area contributed by atoms with E-state index < -0.39 is 0 Å². The zero-order chi connectivity index (χ0) is 33.7. The summed E-state index contributed by atoms with van der Waals surface area (Å²) in [7, 11) is 0. The van der Waals surface area contributed by atoms with E-state index in [1.807, 2.05) is 36.4 Å². The summed E-state index contributed by atoms with van der Waals surface area (Å²) in [5.41, 5.74) is 11.5. The number of hydrogen-bond donors (Lipinski definition) is 0. The van der Waals surface area contributed by atoms with Gasteiger partial charge in [0.15, 0.2) is 5.58 Å². The lowest BCUT2D eigenvalue weighted by Crippen LogP contribution is -2.11. The van der Waals surface area contributed by atoms with Crippen LogP contribution in [0.3, 0.4) is 0 Å². The van der Waals surface area contributed by atoms with Gasteiger partial charge in [-0.15, -0.1) is 0 Å². The lowest BCUT2D eigenvalue weighted by atomic mass is 10.0. The van der Waals surface area contributed by atoms with Crippen molar-refractivity contribution >= 4 is 60.7 Å². The topological polar surface area (TPSA) is 34.2 Å². The van der Waals surface area contributed by atoms with Gasteiger partial charge in [-0.25, -0.2) is 4.98 Å². The van der Waals surface area contributed by atoms with Crippen LogP contribution in [0.2, 0.25) is 0 Å². The highest BCUT2D eigenvalue weighted by Crippen LogP contribution is 2.43. The van der Waals surface area contributed by atoms with E-state index >= 15 is 0 Å². The molecular weight excluding hydrogens is 623 g/mol. The van der Waals surface area contributed by atoms with Crippen molar-refractivity contribution in [1.82, 2.24) is 9.55 Å². The zero-order valence-electron chi connectivity index (χ0n) is 27.6. The molecule has 8 aromatic carbocycles. The van der Waals surface area contributed by atoms with Crippen molar-refractivity contribution < 1.29 is 4.42 Å². The third-order valence-corrected chi connectivity index (χ3v) is 9.82. The van der Waals surface area contributed by atoms with E-state index in [-0.39, 0.29) is 0 Å². The number of anilines is 3. The molecule has 2 heterocycles. The van der Waals surface area contributed by atoms with Crippen LogP contribution in [0, 0.1) is 0 Å². The summed E-state index contributed by atoms with van der Waals surface area (Å²) >= 11 is 0. The maximum Gasteiger partial charge on any atom is 0.227 e. The van der Waals surface area contributed by atoms with Crippen molar-refractivity contribution in [3.05, 3.63) is 188 Å². The summed E-state index contributed by atoms with van der Waals surface area (Å²) in [4.78, 5) is 7.44. The highest BCUT2D eigenvalue weighted by molar-refractivity contribution is 6.13. The molecule has 10 aromatic rings. The quantitative estimate of drug-likeness (QED) is 0.179. The molecule has 0 amide bonds. The number of hydrogen-bond acceptors (Lipinski definition) is 3. The normalized spacial score (nSPS) is 11.5. The standard InChI is InChI=1S/C47H31N3O/c1-3-12-32(13-4-1)33-22-25-36(26-23-33)49(37-27-29-38(30-28-37)50-41-19-9-7-17-39(41)40-18-8-10-20-42(40)50)43-21-11-16-34-24-31-44-46(45(34)43)48-47(51-44)35-14-5-2-6-15-35/h1-31H. The second-order valence-corrected chi connectivity index (χ2v) is 12.8. The first kappa shape index (κ1) is 29.0. The molecule has 0 unspecified atom stereocenters. The molecule has 0 bridgehead atoms. The van der Waals surface area contributed by atoms with Gasteiger partial charge in [0.05, 0.1) is 16.7 Å². The van der Waals surface area contributed by atoms with Crippen molar-refractivity contribution in [3.63, 3.8) is 0 Å². The molecule has 0 spiro atoms. The van der Waals surface area contributed by atoms with Gasteiger partial charge < -0.3 is 13.9 Å². The minimum Gasteiger partial charge on any atom is -0.436 e. The molecule has 240 valence electrons. The Hall–Kier alpha value is -6.91. The molecule has 10 rings (SSSR count). The maximum atomic E-state index is 6.37. The first-order valence-electron chi connectivity index (χ1n) is 17.2. The molecule has 2 aromatic heterocycles. The number of rotatable bonds is 6. The molecule has 0 saturated carbocycles. The Balaban J connectivity index is 1.17. The lowest BCUT2D eigenvalue weighted by molar-refractivity contribution is 0.620. The highest BCUT2D eigenvalue weighted by atomic mass is 16.3. The Morgan fingerprint density at radius 3 is 1.69 bits per heavy atom. The molecule has 4 heteroatoms. The number of aromatic nitrogens is 2. The highest BCUT2D eigenvalue weighted by Gasteiger charge is 2.20. The third kappa shape index (κ3) is 4.88. The van der Waals surface area contributed by atoms with Crippen LogP contribution in [0.15, 0.2) is 192 Å². The molecule has 0 saturated heterocycles. The van der Waals surface area contributed by atoms with Gasteiger partial charge in [0.2, 0.25) is 5.89 Å². The third-order valence-electron chi connectivity index (χ3n) is 9.82. The predicted molar refractivity (Wildman–Crippen MR) is 211 cm³/mol. The van der Waals surface area contributed by atoms with E-state index in [0.717, 1.165) is 50.2 Å². The molecule has 51 heavy (non-hydrogen) atoms. The fourth-order valence-corrected chi connectivity index (χ4v) is 7.45. The van der Waals surface area contributed by atoms with Crippen molar-refractivity contribution in [2.24, 2.45) is 0 Å². The molecule has 0 N–H and O–H groups in total. The van der Waals surface area contributed by atoms with Crippen LogP contribution < -0.4 is 4.90 Å². The molecule has 4 nitrogen and oxygen atoms in total. The smallest absolute Gasteiger partial charge is 0.227 e. The van der Waals surface area contributed by atoms with Crippen LogP contribution in [-0.2, 0) is 0 Å². The van der Waals surface area contributed by atoms with Crippen molar-refractivity contribution in [2.75, 3.05) is 4.90 Å². The van der Waals surface area contributed by atoms with Crippen molar-refractivity contribution in [3.8, 4) is 28.3 Å². The van der Waals surface area contributed by atoms with Gasteiger partial charge in [0.1, 0.15) is 5.52 Å². The summed E-state index contributed by atoms with van der Waals surface area (Å²) in [5, 5.41) is 4.64. The molecule has 0 aliphatic heterocycles. The van der Waals surface area contributed by atoms with E-state index in [2.05, 4.69) is 161 Å². The molecule has 0 aliphatic rings. The van der Waals surface area contributed by atoms with Gasteiger partial charge in [0.25, 0.3) is 0 Å². The molecule has 0 aliphatic carbocycles. The SMILES string of the molecule is c1ccc(-c2ccc(N(c3ccc(-n4c5ccccc5c5ccccc54)cc3)c3cccc4ccc5oc(-c6ccccc6)nc5c34)cc2)cc1. The molecule has 0 atom stereocenters. The van der Waals surface area contributed by atoms with Gasteiger partial charge in [-0.05, 0) is 89.3 Å². The first-order chi connectivity index (χ1) is 25.3. The minimum absolute atomic E-state index is 0.613. The predicted octanol–water partition coefficient (Wildman–Crippen LogP) is 12.9. The molecule has 0 fully saturated rings. The van der Waals surface area contributed by atoms with Crippen LogP contribution in [0.5, 0.6) is 0 Å². The Morgan fingerprint density at radius 2 is 1.02 bits per heavy atom. The van der Waals surface area contributed by atoms with E-state index in [0.29, 0.717) is 5.89 Å². The number of oxazole rings is 1. The minimum atomic E-state index is 0.613. The van der Waals surface area contributed by atoms with Crippen LogP contribution in [0.4, 0.5) is 17.1 Å². The molecular formula is C47H31N3O. The Bertz CT molecular complexity index is 2780.